The third kappa shape index (κ3) is 2.81. The van der Waals surface area contributed by atoms with Crippen molar-refractivity contribution in [2.75, 3.05) is 12.9 Å². The summed E-state index contributed by atoms with van der Waals surface area (Å²) in [5.41, 5.74) is 0.838. The molecule has 0 radical (unpaired) electrons. The summed E-state index contributed by atoms with van der Waals surface area (Å²) in [6.07, 6.45) is 1.46. The number of rotatable bonds is 4. The monoisotopic (exact) mass is 300 g/mol. The largest absolute Gasteiger partial charge is 0.468 e. The van der Waals surface area contributed by atoms with Crippen LogP contribution in [0.1, 0.15) is 19.0 Å². The fraction of sp³-hybridized carbons (Fsp3) is 0.583. The minimum Gasteiger partial charge on any atom is -0.468 e. The zero-order valence-corrected chi connectivity index (χ0v) is 12.8. The summed E-state index contributed by atoms with van der Waals surface area (Å²) in [5.74, 6) is 0.622. The van der Waals surface area contributed by atoms with Gasteiger partial charge in [-0.2, -0.15) is 0 Å². The van der Waals surface area contributed by atoms with Gasteiger partial charge in [-0.15, -0.1) is 11.8 Å². The highest BCUT2D eigenvalue weighted by molar-refractivity contribution is 8.00. The third-order valence-electron chi connectivity index (χ3n) is 2.95. The number of carbonyl (C=O) groups is 1. The van der Waals surface area contributed by atoms with Crippen molar-refractivity contribution in [3.8, 4) is 0 Å². The van der Waals surface area contributed by atoms with Gasteiger partial charge in [0.15, 0.2) is 5.16 Å². The van der Waals surface area contributed by atoms with Crippen molar-refractivity contribution < 1.29 is 9.53 Å². The highest BCUT2D eigenvalue weighted by Crippen LogP contribution is 2.30. The summed E-state index contributed by atoms with van der Waals surface area (Å²) < 4.78 is 6.28. The Morgan fingerprint density at radius 1 is 1.63 bits per heavy atom. The molecule has 0 bridgehead atoms. The topological polar surface area (TPSA) is 61.2 Å². The number of nitrogens with zero attached hydrogens (tertiary/aromatic N) is 2. The molecule has 19 heavy (non-hydrogen) atoms. The first-order chi connectivity index (χ1) is 9.08. The normalized spacial score (nSPS) is 15.1. The predicted octanol–water partition coefficient (Wildman–Crippen LogP) is 1.47. The molecule has 1 atom stereocenters. The molecule has 104 valence electrons. The van der Waals surface area contributed by atoms with Crippen LogP contribution in [0.5, 0.6) is 0 Å². The van der Waals surface area contributed by atoms with Crippen LogP contribution in [-0.2, 0) is 23.0 Å². The summed E-state index contributed by atoms with van der Waals surface area (Å²) >= 11 is 2.85. The fourth-order valence-corrected chi connectivity index (χ4v) is 3.92. The molecule has 1 aliphatic rings. The van der Waals surface area contributed by atoms with E-state index in [1.165, 1.54) is 23.4 Å². The zero-order valence-electron chi connectivity index (χ0n) is 11.1. The van der Waals surface area contributed by atoms with E-state index in [-0.39, 0.29) is 16.8 Å². The molecule has 0 amide bonds. The molecule has 2 rings (SSSR count). The zero-order chi connectivity index (χ0) is 14.0. The second kappa shape index (κ2) is 6.00. The van der Waals surface area contributed by atoms with Crippen molar-refractivity contribution >= 4 is 29.5 Å². The van der Waals surface area contributed by atoms with E-state index >= 15 is 0 Å². The number of aromatic nitrogens is 2. The van der Waals surface area contributed by atoms with Gasteiger partial charge in [-0.1, -0.05) is 18.7 Å². The number of esters is 1. The second-order valence-corrected chi connectivity index (χ2v) is 6.45. The number of methoxy groups -OCH3 is 1. The van der Waals surface area contributed by atoms with Crippen molar-refractivity contribution in [1.29, 1.82) is 0 Å². The van der Waals surface area contributed by atoms with Crippen LogP contribution in [0.4, 0.5) is 0 Å². The van der Waals surface area contributed by atoms with Crippen molar-refractivity contribution in [3.63, 3.8) is 0 Å². The Hall–Kier alpha value is -0.950. The predicted molar refractivity (Wildman–Crippen MR) is 75.9 cm³/mol. The Morgan fingerprint density at radius 2 is 2.37 bits per heavy atom. The number of ether oxygens (including phenoxy) is 1. The fourth-order valence-electron chi connectivity index (χ4n) is 1.83. The van der Waals surface area contributed by atoms with Crippen LogP contribution in [0, 0.1) is 0 Å². The maximum Gasteiger partial charge on any atom is 0.319 e. The Bertz CT molecular complexity index is 557. The smallest absolute Gasteiger partial charge is 0.319 e. The molecule has 1 aliphatic heterocycles. The molecule has 0 saturated heterocycles. The number of carbonyl (C=O) groups excluding carboxylic acids is 1. The van der Waals surface area contributed by atoms with Gasteiger partial charge < -0.3 is 4.74 Å². The summed E-state index contributed by atoms with van der Waals surface area (Å²) in [7, 11) is 3.07. The molecular formula is C12H16N2O3S2. The standard InChI is InChI=1S/C12H16N2O3S2/c1-4-8(11(16)17-3)19-12-13-7-5-6-18-9(7)10(15)14(12)2/h8H,4-6H2,1-3H3. The molecule has 0 spiro atoms. The minimum atomic E-state index is -0.324. The molecule has 0 fully saturated rings. The number of thioether (sulfide) groups is 2. The van der Waals surface area contributed by atoms with Crippen molar-refractivity contribution in [2.24, 2.45) is 7.05 Å². The van der Waals surface area contributed by atoms with Crippen LogP contribution < -0.4 is 5.56 Å². The molecule has 0 aliphatic carbocycles. The van der Waals surface area contributed by atoms with Gasteiger partial charge in [-0.3, -0.25) is 14.2 Å². The van der Waals surface area contributed by atoms with Crippen LogP contribution in [-0.4, -0.2) is 33.6 Å². The lowest BCUT2D eigenvalue weighted by atomic mass is 10.3. The molecular weight excluding hydrogens is 284 g/mol. The van der Waals surface area contributed by atoms with Crippen LogP contribution in [0.2, 0.25) is 0 Å². The van der Waals surface area contributed by atoms with Crippen molar-refractivity contribution in [3.05, 3.63) is 16.0 Å². The quantitative estimate of drug-likeness (QED) is 0.477. The average molecular weight is 300 g/mol. The second-order valence-electron chi connectivity index (χ2n) is 4.17. The number of aryl methyl sites for hydroxylation is 1. The van der Waals surface area contributed by atoms with Gasteiger partial charge in [0.1, 0.15) is 5.25 Å². The lowest BCUT2D eigenvalue weighted by Gasteiger charge is -2.14. The van der Waals surface area contributed by atoms with E-state index in [0.717, 1.165) is 22.8 Å². The van der Waals surface area contributed by atoms with E-state index in [2.05, 4.69) is 4.98 Å². The maximum atomic E-state index is 12.2. The molecule has 0 aromatic carbocycles. The first-order valence-corrected chi connectivity index (χ1v) is 7.92. The number of hydrogen-bond donors (Lipinski definition) is 0. The summed E-state index contributed by atoms with van der Waals surface area (Å²) in [4.78, 5) is 29.0. The lowest BCUT2D eigenvalue weighted by Crippen LogP contribution is -2.25. The van der Waals surface area contributed by atoms with E-state index in [9.17, 15) is 9.59 Å². The van der Waals surface area contributed by atoms with E-state index in [1.807, 2.05) is 6.92 Å². The highest BCUT2D eigenvalue weighted by atomic mass is 32.2. The maximum absolute atomic E-state index is 12.2. The van der Waals surface area contributed by atoms with Crippen LogP contribution >= 0.6 is 23.5 Å². The van der Waals surface area contributed by atoms with Gasteiger partial charge in [0.25, 0.3) is 5.56 Å². The Labute approximate surface area is 120 Å². The third-order valence-corrected chi connectivity index (χ3v) is 5.44. The van der Waals surface area contributed by atoms with Gasteiger partial charge in [0, 0.05) is 19.2 Å². The average Bonchev–Trinajstić information content (AvgIpc) is 2.88. The van der Waals surface area contributed by atoms with Crippen molar-refractivity contribution in [1.82, 2.24) is 9.55 Å². The van der Waals surface area contributed by atoms with E-state index in [1.54, 1.807) is 18.8 Å². The molecule has 7 heteroatoms. The molecule has 1 aromatic heterocycles. The Kier molecular flexibility index (Phi) is 4.57. The summed E-state index contributed by atoms with van der Waals surface area (Å²) in [6, 6.07) is 0. The number of hydrogen-bond acceptors (Lipinski definition) is 6. The molecule has 1 aromatic rings. The van der Waals surface area contributed by atoms with Gasteiger partial charge >= 0.3 is 5.97 Å². The van der Waals surface area contributed by atoms with Gasteiger partial charge in [0.2, 0.25) is 0 Å². The van der Waals surface area contributed by atoms with E-state index in [4.69, 9.17) is 4.74 Å². The van der Waals surface area contributed by atoms with Gasteiger partial charge in [0.05, 0.1) is 17.7 Å². The van der Waals surface area contributed by atoms with Crippen LogP contribution in [0.25, 0.3) is 0 Å². The van der Waals surface area contributed by atoms with Crippen LogP contribution in [0.3, 0.4) is 0 Å². The van der Waals surface area contributed by atoms with Gasteiger partial charge in [-0.05, 0) is 6.42 Å². The van der Waals surface area contributed by atoms with Crippen molar-refractivity contribution in [2.45, 2.75) is 35.1 Å². The Balaban J connectivity index is 2.33. The SMILES string of the molecule is CCC(Sc1nc2c(c(=O)n1C)SCC2)C(=O)OC. The molecule has 1 unspecified atom stereocenters. The van der Waals surface area contributed by atoms with E-state index in [0.29, 0.717) is 11.6 Å². The van der Waals surface area contributed by atoms with Crippen LogP contribution in [0.15, 0.2) is 14.8 Å². The van der Waals surface area contributed by atoms with Gasteiger partial charge in [-0.25, -0.2) is 4.98 Å². The molecule has 5 nitrogen and oxygen atoms in total. The minimum absolute atomic E-state index is 0.0188. The summed E-state index contributed by atoms with van der Waals surface area (Å²) in [6.45, 7) is 1.91. The van der Waals surface area contributed by atoms with E-state index < -0.39 is 0 Å². The summed E-state index contributed by atoms with van der Waals surface area (Å²) in [5, 5.41) is 0.263. The highest BCUT2D eigenvalue weighted by Gasteiger charge is 2.24. The molecule has 2 heterocycles. The molecule has 0 N–H and O–H groups in total. The number of fused-ring (bicyclic) bond motifs is 1. The lowest BCUT2D eigenvalue weighted by molar-refractivity contribution is -0.140. The first-order valence-electron chi connectivity index (χ1n) is 6.05. The first kappa shape index (κ1) is 14.5. The Morgan fingerprint density at radius 3 is 3.00 bits per heavy atom. The molecule has 0 saturated carbocycles.